The molecule has 0 bridgehead atoms. The molecule has 1 aromatic heterocycles. The summed E-state index contributed by atoms with van der Waals surface area (Å²) in [7, 11) is 0. The van der Waals surface area contributed by atoms with Gasteiger partial charge in [-0.1, -0.05) is 59.2 Å². The highest BCUT2D eigenvalue weighted by molar-refractivity contribution is 6.30. The van der Waals surface area contributed by atoms with Crippen LogP contribution in [-0.4, -0.2) is 47.2 Å². The van der Waals surface area contributed by atoms with Gasteiger partial charge in [-0.25, -0.2) is 4.79 Å². The van der Waals surface area contributed by atoms with E-state index >= 15 is 0 Å². The third-order valence-corrected chi connectivity index (χ3v) is 5.99. The molecule has 1 N–H and O–H groups in total. The zero-order chi connectivity index (χ0) is 21.9. The summed E-state index contributed by atoms with van der Waals surface area (Å²) >= 11 is 6.15. The second-order valence-corrected chi connectivity index (χ2v) is 8.37. The third-order valence-electron chi connectivity index (χ3n) is 5.75. The summed E-state index contributed by atoms with van der Waals surface area (Å²) in [6, 6.07) is 23.8. The molecule has 1 fully saturated rings. The highest BCUT2D eigenvalue weighted by Crippen LogP contribution is 2.25. The number of carbonyl (C=O) groups excluding carboxylic acids is 1. The van der Waals surface area contributed by atoms with Crippen LogP contribution in [0.2, 0.25) is 5.02 Å². The van der Waals surface area contributed by atoms with Gasteiger partial charge in [0.25, 0.3) is 0 Å². The van der Waals surface area contributed by atoms with Crippen molar-refractivity contribution in [3.05, 3.63) is 83.4 Å². The number of nitrogens with one attached hydrogen (secondary N) is 1. The Balaban J connectivity index is 1.18. The second-order valence-electron chi connectivity index (χ2n) is 7.93. The van der Waals surface area contributed by atoms with E-state index in [4.69, 9.17) is 16.1 Å². The molecule has 0 unspecified atom stereocenters. The number of hydrogen-bond acceptors (Lipinski definition) is 4. The van der Waals surface area contributed by atoms with E-state index in [-0.39, 0.29) is 6.03 Å². The monoisotopic (exact) mass is 446 g/mol. The van der Waals surface area contributed by atoms with E-state index in [1.54, 1.807) is 0 Å². The van der Waals surface area contributed by atoms with Gasteiger partial charge in [-0.2, -0.15) is 0 Å². The van der Waals surface area contributed by atoms with Crippen LogP contribution in [0.1, 0.15) is 5.56 Å². The molecule has 7 heteroatoms. The van der Waals surface area contributed by atoms with Crippen LogP contribution in [0, 0.1) is 0 Å². The van der Waals surface area contributed by atoms with Crippen molar-refractivity contribution in [3.63, 3.8) is 0 Å². The Labute approximate surface area is 191 Å². The second kappa shape index (κ2) is 9.02. The molecule has 162 valence electrons. The van der Waals surface area contributed by atoms with Gasteiger partial charge in [-0.3, -0.25) is 10.2 Å². The lowest BCUT2D eigenvalue weighted by Crippen LogP contribution is -2.49. The average molecular weight is 447 g/mol. The number of nitrogens with zero attached hydrogens (tertiary/aromatic N) is 3. The minimum atomic E-state index is -0.147. The minimum Gasteiger partial charge on any atom is -0.354 e. The summed E-state index contributed by atoms with van der Waals surface area (Å²) in [5, 5.41) is 8.41. The number of amides is 2. The fraction of sp³-hybridized carbons (Fsp3) is 0.200. The highest BCUT2D eigenvalue weighted by Gasteiger charge is 2.22. The van der Waals surface area contributed by atoms with E-state index < -0.39 is 0 Å². The molecule has 3 aromatic carbocycles. The van der Waals surface area contributed by atoms with Gasteiger partial charge < -0.3 is 9.42 Å². The van der Waals surface area contributed by atoms with Crippen LogP contribution in [0.15, 0.2) is 77.3 Å². The molecule has 0 spiro atoms. The Hall–Kier alpha value is -3.35. The van der Waals surface area contributed by atoms with Crippen LogP contribution in [0.4, 0.5) is 10.6 Å². The van der Waals surface area contributed by atoms with Gasteiger partial charge >= 0.3 is 6.03 Å². The number of fused-ring (bicyclic) bond motifs is 1. The molecule has 2 heterocycles. The van der Waals surface area contributed by atoms with Crippen molar-refractivity contribution in [1.82, 2.24) is 15.0 Å². The van der Waals surface area contributed by atoms with E-state index in [9.17, 15) is 4.79 Å². The maximum absolute atomic E-state index is 12.7. The van der Waals surface area contributed by atoms with Gasteiger partial charge in [-0.15, -0.1) is 0 Å². The maximum atomic E-state index is 12.7. The van der Waals surface area contributed by atoms with E-state index in [0.717, 1.165) is 41.2 Å². The summed E-state index contributed by atoms with van der Waals surface area (Å²) < 4.78 is 5.27. The number of halogens is 1. The molecule has 0 saturated carbocycles. The zero-order valence-electron chi connectivity index (χ0n) is 17.5. The van der Waals surface area contributed by atoms with Gasteiger partial charge in [0.1, 0.15) is 0 Å². The quantitative estimate of drug-likeness (QED) is 0.449. The largest absolute Gasteiger partial charge is 0.354 e. The Morgan fingerprint density at radius 1 is 0.938 bits per heavy atom. The van der Waals surface area contributed by atoms with E-state index in [0.29, 0.717) is 24.5 Å². The van der Waals surface area contributed by atoms with Crippen molar-refractivity contribution in [2.24, 2.45) is 0 Å². The first-order valence-corrected chi connectivity index (χ1v) is 11.0. The summed E-state index contributed by atoms with van der Waals surface area (Å²) in [6.45, 7) is 3.80. The molecule has 0 atom stereocenters. The SMILES string of the molecule is O=C(Nc1noc2ccccc12)N1CCN(Cc2cccc(-c3cccc(Cl)c3)c2)CC1. The topological polar surface area (TPSA) is 61.6 Å². The van der Waals surface area contributed by atoms with Crippen LogP contribution in [0.25, 0.3) is 22.1 Å². The lowest BCUT2D eigenvalue weighted by Gasteiger charge is -2.34. The lowest BCUT2D eigenvalue weighted by atomic mass is 10.0. The van der Waals surface area contributed by atoms with Crippen LogP contribution in [0.3, 0.4) is 0 Å². The number of benzene rings is 3. The molecule has 6 nitrogen and oxygen atoms in total. The van der Waals surface area contributed by atoms with Crippen molar-refractivity contribution < 1.29 is 9.32 Å². The first-order chi connectivity index (χ1) is 15.7. The number of para-hydroxylation sites is 1. The van der Waals surface area contributed by atoms with Crippen molar-refractivity contribution in [2.75, 3.05) is 31.5 Å². The number of anilines is 1. The van der Waals surface area contributed by atoms with Gasteiger partial charge in [0.15, 0.2) is 11.4 Å². The minimum absolute atomic E-state index is 0.147. The van der Waals surface area contributed by atoms with E-state index in [1.165, 1.54) is 5.56 Å². The van der Waals surface area contributed by atoms with Crippen LogP contribution in [-0.2, 0) is 6.54 Å². The number of urea groups is 1. The lowest BCUT2D eigenvalue weighted by molar-refractivity contribution is 0.143. The summed E-state index contributed by atoms with van der Waals surface area (Å²) in [4.78, 5) is 16.9. The fourth-order valence-electron chi connectivity index (χ4n) is 4.04. The number of piperazine rings is 1. The third kappa shape index (κ3) is 4.47. The van der Waals surface area contributed by atoms with E-state index in [2.05, 4.69) is 45.7 Å². The van der Waals surface area contributed by atoms with Gasteiger partial charge in [-0.05, 0) is 47.0 Å². The molecule has 5 rings (SSSR count). The Bertz CT molecular complexity index is 1250. The molecule has 4 aromatic rings. The van der Waals surface area contributed by atoms with Gasteiger partial charge in [0.05, 0.1) is 5.39 Å². The van der Waals surface area contributed by atoms with Crippen molar-refractivity contribution in [3.8, 4) is 11.1 Å². The summed E-state index contributed by atoms with van der Waals surface area (Å²) in [5.41, 5.74) is 4.17. The van der Waals surface area contributed by atoms with Crippen LogP contribution < -0.4 is 5.32 Å². The molecule has 0 radical (unpaired) electrons. The molecular weight excluding hydrogens is 424 g/mol. The maximum Gasteiger partial charge on any atom is 0.323 e. The smallest absolute Gasteiger partial charge is 0.323 e. The molecule has 2 amide bonds. The first kappa shape index (κ1) is 20.5. The Morgan fingerprint density at radius 3 is 2.50 bits per heavy atom. The molecule has 32 heavy (non-hydrogen) atoms. The van der Waals surface area contributed by atoms with Crippen LogP contribution in [0.5, 0.6) is 0 Å². The van der Waals surface area contributed by atoms with E-state index in [1.807, 2.05) is 47.4 Å². The Kier molecular flexibility index (Phi) is 5.79. The molecule has 0 aliphatic carbocycles. The Morgan fingerprint density at radius 2 is 1.69 bits per heavy atom. The number of rotatable bonds is 4. The molecule has 1 aliphatic heterocycles. The van der Waals surface area contributed by atoms with Crippen molar-refractivity contribution >= 4 is 34.4 Å². The number of aromatic nitrogens is 1. The zero-order valence-corrected chi connectivity index (χ0v) is 18.3. The average Bonchev–Trinajstić information content (AvgIpc) is 3.22. The highest BCUT2D eigenvalue weighted by atomic mass is 35.5. The van der Waals surface area contributed by atoms with Crippen molar-refractivity contribution in [1.29, 1.82) is 0 Å². The number of hydrogen-bond donors (Lipinski definition) is 1. The standard InChI is InChI=1S/C25H23ClN4O2/c26-21-8-4-7-20(16-21)19-6-3-5-18(15-19)17-29-11-13-30(14-12-29)25(31)27-24-22-9-1-2-10-23(22)32-28-24/h1-10,15-16H,11-14,17H2,(H,27,28,31). The number of carbonyl (C=O) groups is 1. The normalized spacial score (nSPS) is 14.6. The fourth-order valence-corrected chi connectivity index (χ4v) is 4.23. The summed E-state index contributed by atoms with van der Waals surface area (Å²) in [5.74, 6) is 0.464. The molecular formula is C25H23ClN4O2. The predicted octanol–water partition coefficient (Wildman–Crippen LogP) is 5.50. The molecule has 1 saturated heterocycles. The van der Waals surface area contributed by atoms with Crippen molar-refractivity contribution in [2.45, 2.75) is 6.54 Å². The van der Waals surface area contributed by atoms with Gasteiger partial charge in [0, 0.05) is 37.7 Å². The first-order valence-electron chi connectivity index (χ1n) is 10.6. The molecule has 1 aliphatic rings. The van der Waals surface area contributed by atoms with Gasteiger partial charge in [0.2, 0.25) is 0 Å². The predicted molar refractivity (Wildman–Crippen MR) is 127 cm³/mol. The summed E-state index contributed by atoms with van der Waals surface area (Å²) in [6.07, 6.45) is 0. The van der Waals surface area contributed by atoms with Crippen LogP contribution >= 0.6 is 11.6 Å².